The maximum atomic E-state index is 13.2. The normalized spacial score (nSPS) is 14.7. The first-order chi connectivity index (χ1) is 16.5. The standard InChI is InChI=1S/C28H37NO4S.Li.H/c1-20-8-6-7-11-23(20)25-18-22(19-33-16-14-21-9-4-3-5-10-21)12-13-24(25)27(30)29-26(28(31)32)15-17-34-2;;/h6-8,11-13,18,21,26H,3-5,9-10,14-17,19H2,1-2H3,(H,29,30)(H,31,32);;/t26-;;/m0../s1. The predicted octanol–water partition coefficient (Wildman–Crippen LogP) is 5.44. The molecule has 2 aromatic carbocycles. The number of aliphatic carboxylic acids is 1. The summed E-state index contributed by atoms with van der Waals surface area (Å²) in [7, 11) is 0. The van der Waals surface area contributed by atoms with Gasteiger partial charge in [-0.15, -0.1) is 0 Å². The molecule has 1 atom stereocenters. The van der Waals surface area contributed by atoms with Gasteiger partial charge in [0.25, 0.3) is 5.91 Å². The van der Waals surface area contributed by atoms with E-state index in [2.05, 4.69) is 5.32 Å². The van der Waals surface area contributed by atoms with Crippen molar-refractivity contribution in [3.05, 3.63) is 59.2 Å². The third-order valence-corrected chi connectivity index (χ3v) is 7.29. The molecule has 3 rings (SSSR count). The molecule has 0 heterocycles. The summed E-state index contributed by atoms with van der Waals surface area (Å²) in [6.07, 6.45) is 10.1. The number of carboxylic acids is 1. The van der Waals surface area contributed by atoms with Crippen molar-refractivity contribution in [2.75, 3.05) is 18.6 Å². The van der Waals surface area contributed by atoms with Crippen molar-refractivity contribution in [2.45, 2.75) is 64.5 Å². The number of aryl methyl sites for hydroxylation is 1. The molecule has 0 aromatic heterocycles. The van der Waals surface area contributed by atoms with Crippen LogP contribution < -0.4 is 5.32 Å². The number of carbonyl (C=O) groups is 2. The van der Waals surface area contributed by atoms with Crippen LogP contribution in [-0.4, -0.2) is 60.5 Å². The Morgan fingerprint density at radius 3 is 2.54 bits per heavy atom. The second-order valence-electron chi connectivity index (χ2n) is 9.19. The molecule has 0 radical (unpaired) electrons. The van der Waals surface area contributed by atoms with Gasteiger partial charge in [0.1, 0.15) is 6.04 Å². The van der Waals surface area contributed by atoms with Gasteiger partial charge in [0.2, 0.25) is 0 Å². The van der Waals surface area contributed by atoms with Crippen molar-refractivity contribution in [3.8, 4) is 11.1 Å². The Balaban J connectivity index is 0.00000432. The summed E-state index contributed by atoms with van der Waals surface area (Å²) in [4.78, 5) is 24.8. The van der Waals surface area contributed by atoms with Crippen LogP contribution in [0.2, 0.25) is 0 Å². The van der Waals surface area contributed by atoms with Crippen molar-refractivity contribution in [3.63, 3.8) is 0 Å². The van der Waals surface area contributed by atoms with E-state index in [1.54, 1.807) is 17.8 Å². The van der Waals surface area contributed by atoms with Gasteiger partial charge >= 0.3 is 24.8 Å². The number of amides is 1. The van der Waals surface area contributed by atoms with Crippen LogP contribution in [0.15, 0.2) is 42.5 Å². The molecule has 1 aliphatic rings. The van der Waals surface area contributed by atoms with E-state index in [-0.39, 0.29) is 24.8 Å². The average molecular weight is 492 g/mol. The van der Waals surface area contributed by atoms with Gasteiger partial charge in [0.15, 0.2) is 0 Å². The Labute approximate surface area is 226 Å². The molecule has 0 bridgehead atoms. The molecule has 35 heavy (non-hydrogen) atoms. The van der Waals surface area contributed by atoms with Crippen molar-refractivity contribution in [1.82, 2.24) is 5.32 Å². The number of nitrogens with one attached hydrogen (secondary N) is 1. The van der Waals surface area contributed by atoms with Crippen LogP contribution in [0.4, 0.5) is 0 Å². The van der Waals surface area contributed by atoms with Crippen molar-refractivity contribution < 1.29 is 19.4 Å². The first kappa shape index (κ1) is 29.5. The van der Waals surface area contributed by atoms with E-state index >= 15 is 0 Å². The molecular formula is C28H38LiNO4S. The van der Waals surface area contributed by atoms with Crippen molar-refractivity contribution in [1.29, 1.82) is 0 Å². The van der Waals surface area contributed by atoms with E-state index < -0.39 is 12.0 Å². The van der Waals surface area contributed by atoms with E-state index in [0.717, 1.165) is 41.2 Å². The van der Waals surface area contributed by atoms with Crippen LogP contribution in [-0.2, 0) is 16.1 Å². The van der Waals surface area contributed by atoms with Gasteiger partial charge in [-0.25, -0.2) is 4.79 Å². The number of carbonyl (C=O) groups excluding carboxylic acids is 1. The predicted molar refractivity (Wildman–Crippen MR) is 147 cm³/mol. The minimum atomic E-state index is -1.01. The number of carboxylic acid groups (broad SMARTS) is 1. The van der Waals surface area contributed by atoms with Crippen LogP contribution in [0.5, 0.6) is 0 Å². The Hall–Kier alpha value is -1.71. The fourth-order valence-corrected chi connectivity index (χ4v) is 5.09. The minimum absolute atomic E-state index is 0. The molecule has 0 spiro atoms. The molecule has 1 amide bonds. The molecule has 2 N–H and O–H groups in total. The van der Waals surface area contributed by atoms with Crippen LogP contribution >= 0.6 is 11.8 Å². The van der Waals surface area contributed by atoms with Gasteiger partial charge < -0.3 is 15.2 Å². The fourth-order valence-electron chi connectivity index (χ4n) is 4.62. The van der Waals surface area contributed by atoms with Gasteiger partial charge in [-0.3, -0.25) is 4.79 Å². The summed E-state index contributed by atoms with van der Waals surface area (Å²) in [6.45, 7) is 3.27. The first-order valence-electron chi connectivity index (χ1n) is 12.3. The van der Waals surface area contributed by atoms with Gasteiger partial charge in [-0.2, -0.15) is 11.8 Å². The summed E-state index contributed by atoms with van der Waals surface area (Å²) in [5.74, 6) is 0.0777. The summed E-state index contributed by atoms with van der Waals surface area (Å²) < 4.78 is 6.00. The summed E-state index contributed by atoms with van der Waals surface area (Å²) in [5, 5.41) is 12.3. The molecule has 0 unspecified atom stereocenters. The Bertz CT molecular complexity index is 962. The van der Waals surface area contributed by atoms with Crippen molar-refractivity contribution in [2.24, 2.45) is 5.92 Å². The van der Waals surface area contributed by atoms with Crippen LogP contribution in [0.3, 0.4) is 0 Å². The third kappa shape index (κ3) is 9.02. The topological polar surface area (TPSA) is 75.6 Å². The molecule has 1 saturated carbocycles. The Morgan fingerprint density at radius 1 is 1.11 bits per heavy atom. The SMILES string of the molecule is CSCC[C@H](NC(=O)c1ccc(COCCC2CCCCC2)cc1-c1ccccc1C)C(=O)O.[LiH]. The summed E-state index contributed by atoms with van der Waals surface area (Å²) in [6, 6.07) is 12.7. The number of hydrogen-bond acceptors (Lipinski definition) is 4. The van der Waals surface area contributed by atoms with E-state index in [9.17, 15) is 14.7 Å². The molecule has 5 nitrogen and oxygen atoms in total. The van der Waals surface area contributed by atoms with Crippen molar-refractivity contribution >= 4 is 42.5 Å². The van der Waals surface area contributed by atoms with E-state index in [1.807, 2.05) is 49.6 Å². The van der Waals surface area contributed by atoms with Crippen LogP contribution in [0, 0.1) is 12.8 Å². The van der Waals surface area contributed by atoms with Crippen LogP contribution in [0.25, 0.3) is 11.1 Å². The Morgan fingerprint density at radius 2 is 1.86 bits per heavy atom. The second kappa shape index (κ2) is 15.4. The van der Waals surface area contributed by atoms with E-state index in [4.69, 9.17) is 4.74 Å². The molecular weight excluding hydrogens is 453 g/mol. The molecule has 2 aromatic rings. The zero-order chi connectivity index (χ0) is 24.3. The number of thioether (sulfide) groups is 1. The number of benzene rings is 2. The van der Waals surface area contributed by atoms with E-state index in [1.165, 1.54) is 32.1 Å². The van der Waals surface area contributed by atoms with Crippen LogP contribution in [0.1, 0.15) is 66.4 Å². The quantitative estimate of drug-likeness (QED) is 0.306. The van der Waals surface area contributed by atoms with Gasteiger partial charge in [-0.05, 0) is 72.1 Å². The third-order valence-electron chi connectivity index (χ3n) is 6.64. The monoisotopic (exact) mass is 491 g/mol. The zero-order valence-electron chi connectivity index (χ0n) is 20.3. The zero-order valence-corrected chi connectivity index (χ0v) is 21.2. The number of rotatable bonds is 12. The van der Waals surface area contributed by atoms with E-state index in [0.29, 0.717) is 24.3 Å². The molecule has 0 aliphatic heterocycles. The van der Waals surface area contributed by atoms with Gasteiger partial charge in [0, 0.05) is 12.2 Å². The summed E-state index contributed by atoms with van der Waals surface area (Å²) in [5.41, 5.74) is 4.32. The van der Waals surface area contributed by atoms with Gasteiger partial charge in [0.05, 0.1) is 6.61 Å². The fraction of sp³-hybridized carbons (Fsp3) is 0.500. The van der Waals surface area contributed by atoms with Gasteiger partial charge in [-0.1, -0.05) is 62.4 Å². The Kier molecular flexibility index (Phi) is 13.0. The average Bonchev–Trinajstić information content (AvgIpc) is 2.85. The molecule has 1 fully saturated rings. The summed E-state index contributed by atoms with van der Waals surface area (Å²) >= 11 is 1.56. The maximum absolute atomic E-state index is 13.2. The number of hydrogen-bond donors (Lipinski definition) is 2. The molecule has 1 aliphatic carbocycles. The molecule has 0 saturated heterocycles. The molecule has 7 heteroatoms. The second-order valence-corrected chi connectivity index (χ2v) is 10.2. The number of ether oxygens (including phenoxy) is 1. The molecule has 186 valence electrons. The first-order valence-corrected chi connectivity index (χ1v) is 13.7.